The summed E-state index contributed by atoms with van der Waals surface area (Å²) in [6.45, 7) is 5.03. The number of alkyl halides is 3. The smallest absolute Gasteiger partial charge is 0.397 e. The van der Waals surface area contributed by atoms with Crippen molar-refractivity contribution in [2.75, 3.05) is 23.7 Å². The van der Waals surface area contributed by atoms with E-state index in [4.69, 9.17) is 5.73 Å². The minimum Gasteiger partial charge on any atom is -0.397 e. The van der Waals surface area contributed by atoms with E-state index in [9.17, 15) is 21.6 Å². The largest absolute Gasteiger partial charge is 0.501 e. The van der Waals surface area contributed by atoms with Gasteiger partial charge in [0.15, 0.2) is 0 Å². The maximum Gasteiger partial charge on any atom is 0.501 e. The van der Waals surface area contributed by atoms with Crippen LogP contribution in [0.25, 0.3) is 0 Å². The summed E-state index contributed by atoms with van der Waals surface area (Å²) in [6.07, 6.45) is 1.55. The summed E-state index contributed by atoms with van der Waals surface area (Å²) in [5.41, 5.74) is 1.05. The molecule has 4 nitrogen and oxygen atoms in total. The second-order valence-electron chi connectivity index (χ2n) is 4.66. The number of benzene rings is 1. The van der Waals surface area contributed by atoms with Crippen molar-refractivity contribution in [2.45, 2.75) is 37.1 Å². The molecular formula is C13H19F3N2O2S. The van der Waals surface area contributed by atoms with Crippen LogP contribution in [0, 0.1) is 0 Å². The van der Waals surface area contributed by atoms with Gasteiger partial charge in [-0.05, 0) is 31.0 Å². The lowest BCUT2D eigenvalue weighted by atomic mass is 10.2. The molecule has 1 aromatic rings. The Morgan fingerprint density at radius 2 is 1.67 bits per heavy atom. The fourth-order valence-corrected chi connectivity index (χ4v) is 2.77. The summed E-state index contributed by atoms with van der Waals surface area (Å²) in [5.74, 6) is 0. The van der Waals surface area contributed by atoms with Crippen LogP contribution in [0.3, 0.4) is 0 Å². The molecular weight excluding hydrogens is 305 g/mol. The zero-order valence-corrected chi connectivity index (χ0v) is 12.8. The highest BCUT2D eigenvalue weighted by molar-refractivity contribution is 7.92. The van der Waals surface area contributed by atoms with Gasteiger partial charge in [0.1, 0.15) is 0 Å². The van der Waals surface area contributed by atoms with E-state index in [2.05, 4.69) is 0 Å². The van der Waals surface area contributed by atoms with Crippen molar-refractivity contribution in [1.29, 1.82) is 0 Å². The van der Waals surface area contributed by atoms with E-state index in [0.717, 1.165) is 25.0 Å². The van der Waals surface area contributed by atoms with E-state index in [1.165, 1.54) is 6.07 Å². The molecule has 0 heterocycles. The van der Waals surface area contributed by atoms with Crippen LogP contribution >= 0.6 is 0 Å². The Balaban J connectivity index is 3.34. The first-order valence-corrected chi connectivity index (χ1v) is 8.09. The molecule has 8 heteroatoms. The maximum absolute atomic E-state index is 12.6. The molecule has 0 radical (unpaired) electrons. The molecule has 120 valence electrons. The third-order valence-corrected chi connectivity index (χ3v) is 4.43. The van der Waals surface area contributed by atoms with Crippen LogP contribution in [0.5, 0.6) is 0 Å². The van der Waals surface area contributed by atoms with E-state index >= 15 is 0 Å². The third kappa shape index (κ3) is 3.81. The Labute approximate surface area is 122 Å². The van der Waals surface area contributed by atoms with Crippen LogP contribution in [-0.2, 0) is 9.84 Å². The lowest BCUT2D eigenvalue weighted by Gasteiger charge is -2.26. The minimum absolute atomic E-state index is 0.262. The zero-order valence-electron chi connectivity index (χ0n) is 11.9. The maximum atomic E-state index is 12.6. The number of rotatable bonds is 6. The molecule has 1 aromatic carbocycles. The number of halogens is 3. The van der Waals surface area contributed by atoms with Crippen molar-refractivity contribution >= 4 is 21.2 Å². The third-order valence-electron chi connectivity index (χ3n) is 2.94. The Morgan fingerprint density at radius 3 is 2.10 bits per heavy atom. The molecule has 0 aliphatic carbocycles. The summed E-state index contributed by atoms with van der Waals surface area (Å²) < 4.78 is 60.8. The fraction of sp³-hybridized carbons (Fsp3) is 0.538. The standard InChI is InChI=1S/C13H19F3N2O2S/c1-3-7-18(8-4-2)12-9-10(5-6-11(12)17)21(19,20)13(14,15)16/h5-6,9H,3-4,7-8,17H2,1-2H3. The molecule has 0 bridgehead atoms. The summed E-state index contributed by atoms with van der Waals surface area (Å²) in [4.78, 5) is 1.02. The molecule has 21 heavy (non-hydrogen) atoms. The predicted molar refractivity (Wildman–Crippen MR) is 76.9 cm³/mol. The molecule has 0 saturated heterocycles. The zero-order chi connectivity index (χ0) is 16.3. The molecule has 0 aliphatic heterocycles. The molecule has 0 atom stereocenters. The average molecular weight is 324 g/mol. The number of sulfone groups is 1. The second kappa shape index (κ2) is 6.55. The molecule has 0 saturated carbocycles. The van der Waals surface area contributed by atoms with E-state index in [-0.39, 0.29) is 5.69 Å². The van der Waals surface area contributed by atoms with Crippen molar-refractivity contribution in [1.82, 2.24) is 0 Å². The Bertz CT molecular complexity index is 580. The molecule has 0 amide bonds. The first-order valence-electron chi connectivity index (χ1n) is 6.61. The van der Waals surface area contributed by atoms with Gasteiger partial charge in [-0.1, -0.05) is 13.8 Å². The van der Waals surface area contributed by atoms with Gasteiger partial charge in [0.2, 0.25) is 0 Å². The van der Waals surface area contributed by atoms with Gasteiger partial charge in [-0.15, -0.1) is 0 Å². The summed E-state index contributed by atoms with van der Waals surface area (Å²) in [6, 6.07) is 3.09. The summed E-state index contributed by atoms with van der Waals surface area (Å²) in [5, 5.41) is 0. The normalized spacial score (nSPS) is 12.4. The monoisotopic (exact) mass is 324 g/mol. The van der Waals surface area contributed by atoms with E-state index in [1.54, 1.807) is 4.90 Å². The minimum atomic E-state index is -5.36. The molecule has 0 fully saturated rings. The molecule has 0 aromatic heterocycles. The van der Waals surface area contributed by atoms with Gasteiger partial charge in [-0.2, -0.15) is 13.2 Å². The number of nitrogen functional groups attached to an aromatic ring is 1. The Hall–Kier alpha value is -1.44. The van der Waals surface area contributed by atoms with Crippen LogP contribution in [0.2, 0.25) is 0 Å². The van der Waals surface area contributed by atoms with Gasteiger partial charge in [-0.3, -0.25) is 0 Å². The van der Waals surface area contributed by atoms with Gasteiger partial charge in [-0.25, -0.2) is 8.42 Å². The number of nitrogens with two attached hydrogens (primary N) is 1. The Kier molecular flexibility index (Phi) is 5.49. The average Bonchev–Trinajstić information content (AvgIpc) is 2.37. The van der Waals surface area contributed by atoms with E-state index in [0.29, 0.717) is 18.8 Å². The topological polar surface area (TPSA) is 63.4 Å². The van der Waals surface area contributed by atoms with Gasteiger partial charge in [0.25, 0.3) is 9.84 Å². The number of nitrogens with zero attached hydrogens (tertiary/aromatic N) is 1. The van der Waals surface area contributed by atoms with Gasteiger partial charge in [0.05, 0.1) is 16.3 Å². The molecule has 2 N–H and O–H groups in total. The molecule has 1 rings (SSSR count). The Morgan fingerprint density at radius 1 is 1.14 bits per heavy atom. The molecule has 0 spiro atoms. The van der Waals surface area contributed by atoms with Crippen LogP contribution in [0.1, 0.15) is 26.7 Å². The highest BCUT2D eigenvalue weighted by Crippen LogP contribution is 2.34. The van der Waals surface area contributed by atoms with Crippen molar-refractivity contribution in [3.63, 3.8) is 0 Å². The SMILES string of the molecule is CCCN(CCC)c1cc(S(=O)(=O)C(F)(F)F)ccc1N. The predicted octanol–water partition coefficient (Wildman–Crippen LogP) is 3.19. The van der Waals surface area contributed by atoms with Crippen molar-refractivity contribution in [3.8, 4) is 0 Å². The van der Waals surface area contributed by atoms with Gasteiger partial charge < -0.3 is 10.6 Å². The number of hydrogen-bond donors (Lipinski definition) is 1. The second-order valence-corrected chi connectivity index (χ2v) is 6.60. The lowest BCUT2D eigenvalue weighted by Crippen LogP contribution is -2.27. The van der Waals surface area contributed by atoms with Crippen molar-refractivity contribution in [3.05, 3.63) is 18.2 Å². The quantitative estimate of drug-likeness (QED) is 0.816. The van der Waals surface area contributed by atoms with Crippen LogP contribution < -0.4 is 10.6 Å². The lowest BCUT2D eigenvalue weighted by molar-refractivity contribution is -0.0435. The van der Waals surface area contributed by atoms with E-state index in [1.807, 2.05) is 13.8 Å². The summed E-state index contributed by atoms with van der Waals surface area (Å²) in [7, 11) is -5.36. The number of hydrogen-bond acceptors (Lipinski definition) is 4. The van der Waals surface area contributed by atoms with Crippen LogP contribution in [0.4, 0.5) is 24.5 Å². The highest BCUT2D eigenvalue weighted by Gasteiger charge is 2.47. The van der Waals surface area contributed by atoms with Gasteiger partial charge in [0, 0.05) is 13.1 Å². The highest BCUT2D eigenvalue weighted by atomic mass is 32.2. The fourth-order valence-electron chi connectivity index (χ4n) is 1.99. The van der Waals surface area contributed by atoms with E-state index < -0.39 is 20.2 Å². The van der Waals surface area contributed by atoms with Gasteiger partial charge >= 0.3 is 5.51 Å². The molecule has 0 unspecified atom stereocenters. The van der Waals surface area contributed by atoms with Crippen LogP contribution in [0.15, 0.2) is 23.1 Å². The van der Waals surface area contributed by atoms with Crippen molar-refractivity contribution < 1.29 is 21.6 Å². The van der Waals surface area contributed by atoms with Crippen molar-refractivity contribution in [2.24, 2.45) is 0 Å². The first kappa shape index (κ1) is 17.6. The summed E-state index contributed by atoms with van der Waals surface area (Å²) >= 11 is 0. The first-order chi connectivity index (χ1) is 9.65. The number of anilines is 2. The molecule has 0 aliphatic rings. The van der Waals surface area contributed by atoms with Crippen LogP contribution in [-0.4, -0.2) is 27.0 Å².